The smallest absolute Gasteiger partial charge is 0.261 e. The maximum absolute atomic E-state index is 12.1. The van der Waals surface area contributed by atoms with Crippen LogP contribution in [0.2, 0.25) is 0 Å². The Kier molecular flexibility index (Phi) is 4.21. The van der Waals surface area contributed by atoms with Crippen molar-refractivity contribution in [2.45, 2.75) is 20.3 Å². The summed E-state index contributed by atoms with van der Waals surface area (Å²) < 4.78 is 1.81. The summed E-state index contributed by atoms with van der Waals surface area (Å²) in [4.78, 5) is 13.8. The number of hydrogen-bond donors (Lipinski definition) is 2. The minimum absolute atomic E-state index is 0.0506. The van der Waals surface area contributed by atoms with Crippen molar-refractivity contribution in [1.29, 1.82) is 0 Å². The molecule has 1 unspecified atom stereocenters. The molecule has 1 atom stereocenters. The summed E-state index contributed by atoms with van der Waals surface area (Å²) in [6.45, 7) is 4.70. The zero-order chi connectivity index (χ0) is 14.0. The van der Waals surface area contributed by atoms with E-state index in [9.17, 15) is 4.79 Å². The third-order valence-corrected chi connectivity index (χ3v) is 4.35. The summed E-state index contributed by atoms with van der Waals surface area (Å²) >= 11 is 1.46. The fourth-order valence-corrected chi connectivity index (χ4v) is 3.03. The number of nitrogens with zero attached hydrogens (tertiary/aromatic N) is 2. The van der Waals surface area contributed by atoms with E-state index in [-0.39, 0.29) is 18.4 Å². The van der Waals surface area contributed by atoms with Crippen LogP contribution < -0.4 is 5.32 Å². The lowest BCUT2D eigenvalue weighted by Gasteiger charge is -2.10. The molecule has 2 aromatic rings. The SMILES string of the molecule is Cc1nn(C)c2sc(C(=O)NCC(C)CCO)cc12. The summed E-state index contributed by atoms with van der Waals surface area (Å²) in [5, 5.41) is 17.1. The van der Waals surface area contributed by atoms with Crippen molar-refractivity contribution >= 4 is 27.5 Å². The second kappa shape index (κ2) is 5.71. The second-order valence-corrected chi connectivity index (χ2v) is 5.90. The van der Waals surface area contributed by atoms with E-state index in [2.05, 4.69) is 10.4 Å². The predicted octanol–water partition coefficient (Wildman–Crippen LogP) is 1.69. The first-order valence-electron chi connectivity index (χ1n) is 6.35. The number of aromatic nitrogens is 2. The van der Waals surface area contributed by atoms with Gasteiger partial charge in [-0.05, 0) is 25.3 Å². The maximum atomic E-state index is 12.1. The molecule has 104 valence electrons. The van der Waals surface area contributed by atoms with Crippen molar-refractivity contribution in [3.63, 3.8) is 0 Å². The van der Waals surface area contributed by atoms with E-state index in [1.807, 2.05) is 27.0 Å². The second-order valence-electron chi connectivity index (χ2n) is 4.87. The molecule has 0 saturated heterocycles. The molecule has 1 amide bonds. The lowest BCUT2D eigenvalue weighted by Crippen LogP contribution is -2.28. The lowest BCUT2D eigenvalue weighted by molar-refractivity contribution is 0.0949. The van der Waals surface area contributed by atoms with E-state index >= 15 is 0 Å². The number of rotatable bonds is 5. The van der Waals surface area contributed by atoms with Crippen LogP contribution in [-0.2, 0) is 7.05 Å². The number of amides is 1. The Labute approximate surface area is 116 Å². The molecule has 2 aromatic heterocycles. The molecule has 2 rings (SSSR count). The molecule has 6 heteroatoms. The molecular weight excluding hydrogens is 262 g/mol. The Bertz CT molecular complexity index is 553. The van der Waals surface area contributed by atoms with Crippen LogP contribution >= 0.6 is 11.3 Å². The van der Waals surface area contributed by atoms with Gasteiger partial charge in [0.05, 0.1) is 10.6 Å². The number of nitrogens with one attached hydrogen (secondary N) is 1. The first-order chi connectivity index (χ1) is 9.02. The largest absolute Gasteiger partial charge is 0.396 e. The van der Waals surface area contributed by atoms with Gasteiger partial charge in [-0.1, -0.05) is 6.92 Å². The molecule has 2 heterocycles. The molecule has 5 nitrogen and oxygen atoms in total. The first kappa shape index (κ1) is 14.0. The summed E-state index contributed by atoms with van der Waals surface area (Å²) in [5.74, 6) is 0.233. The monoisotopic (exact) mass is 281 g/mol. The van der Waals surface area contributed by atoms with E-state index in [0.717, 1.165) is 15.9 Å². The van der Waals surface area contributed by atoms with Gasteiger partial charge in [-0.25, -0.2) is 0 Å². The van der Waals surface area contributed by atoms with Gasteiger partial charge in [0, 0.05) is 25.6 Å². The summed E-state index contributed by atoms with van der Waals surface area (Å²) in [6.07, 6.45) is 0.704. The molecule has 0 bridgehead atoms. The lowest BCUT2D eigenvalue weighted by atomic mass is 10.1. The van der Waals surface area contributed by atoms with Crippen LogP contribution in [0, 0.1) is 12.8 Å². The number of hydrogen-bond acceptors (Lipinski definition) is 4. The summed E-state index contributed by atoms with van der Waals surface area (Å²) in [5.41, 5.74) is 0.946. The number of carbonyl (C=O) groups is 1. The van der Waals surface area contributed by atoms with Crippen LogP contribution in [0.1, 0.15) is 28.7 Å². The Hall–Kier alpha value is -1.40. The number of aliphatic hydroxyl groups excluding tert-OH is 1. The van der Waals surface area contributed by atoms with Gasteiger partial charge in [0.1, 0.15) is 4.83 Å². The molecule has 0 radical (unpaired) electrons. The average molecular weight is 281 g/mol. The van der Waals surface area contributed by atoms with Crippen LogP contribution in [0.5, 0.6) is 0 Å². The Morgan fingerprint density at radius 2 is 2.37 bits per heavy atom. The fraction of sp³-hybridized carbons (Fsp3) is 0.538. The number of thiophene rings is 1. The Morgan fingerprint density at radius 1 is 1.63 bits per heavy atom. The molecule has 0 fully saturated rings. The van der Waals surface area contributed by atoms with Gasteiger partial charge >= 0.3 is 0 Å². The first-order valence-corrected chi connectivity index (χ1v) is 7.16. The van der Waals surface area contributed by atoms with Crippen LogP contribution in [0.15, 0.2) is 6.07 Å². The highest BCUT2D eigenvalue weighted by Crippen LogP contribution is 2.27. The standard InChI is InChI=1S/C13H19N3O2S/c1-8(4-5-17)7-14-12(18)11-6-10-9(2)15-16(3)13(10)19-11/h6,8,17H,4-5,7H2,1-3H3,(H,14,18). The molecule has 19 heavy (non-hydrogen) atoms. The van der Waals surface area contributed by atoms with E-state index in [1.165, 1.54) is 11.3 Å². The third-order valence-electron chi connectivity index (χ3n) is 3.15. The fourth-order valence-electron chi connectivity index (χ4n) is 1.99. The number of fused-ring (bicyclic) bond motifs is 1. The highest BCUT2D eigenvalue weighted by molar-refractivity contribution is 7.20. The van der Waals surface area contributed by atoms with Crippen LogP contribution in [0.4, 0.5) is 0 Å². The van der Waals surface area contributed by atoms with Crippen molar-refractivity contribution < 1.29 is 9.90 Å². The van der Waals surface area contributed by atoms with E-state index in [4.69, 9.17) is 5.11 Å². The van der Waals surface area contributed by atoms with Gasteiger partial charge < -0.3 is 10.4 Å². The van der Waals surface area contributed by atoms with E-state index in [1.54, 1.807) is 4.68 Å². The van der Waals surface area contributed by atoms with E-state index in [0.29, 0.717) is 17.8 Å². The maximum Gasteiger partial charge on any atom is 0.261 e. The van der Waals surface area contributed by atoms with Crippen molar-refractivity contribution in [2.24, 2.45) is 13.0 Å². The number of aryl methyl sites for hydroxylation is 2. The van der Waals surface area contributed by atoms with Gasteiger partial charge in [-0.15, -0.1) is 11.3 Å². The Balaban J connectivity index is 2.07. The minimum Gasteiger partial charge on any atom is -0.396 e. The minimum atomic E-state index is -0.0506. The van der Waals surface area contributed by atoms with Gasteiger partial charge in [0.25, 0.3) is 5.91 Å². The number of carbonyl (C=O) groups excluding carboxylic acids is 1. The predicted molar refractivity (Wildman–Crippen MR) is 76.5 cm³/mol. The van der Waals surface area contributed by atoms with Crippen molar-refractivity contribution in [2.75, 3.05) is 13.2 Å². The van der Waals surface area contributed by atoms with Crippen molar-refractivity contribution in [1.82, 2.24) is 15.1 Å². The highest BCUT2D eigenvalue weighted by Gasteiger charge is 2.15. The van der Waals surface area contributed by atoms with Crippen LogP contribution in [-0.4, -0.2) is 33.9 Å². The van der Waals surface area contributed by atoms with Gasteiger partial charge in [-0.3, -0.25) is 9.48 Å². The molecule has 2 N–H and O–H groups in total. The molecule has 0 aromatic carbocycles. The van der Waals surface area contributed by atoms with E-state index < -0.39 is 0 Å². The van der Waals surface area contributed by atoms with Crippen molar-refractivity contribution in [3.05, 3.63) is 16.6 Å². The quantitative estimate of drug-likeness (QED) is 0.876. The normalized spacial score (nSPS) is 12.8. The third kappa shape index (κ3) is 2.96. The van der Waals surface area contributed by atoms with Crippen LogP contribution in [0.25, 0.3) is 10.2 Å². The zero-order valence-electron chi connectivity index (χ0n) is 11.4. The summed E-state index contributed by atoms with van der Waals surface area (Å²) in [6, 6.07) is 1.90. The number of aliphatic hydroxyl groups is 1. The van der Waals surface area contributed by atoms with Crippen LogP contribution in [0.3, 0.4) is 0 Å². The molecule has 0 aliphatic heterocycles. The van der Waals surface area contributed by atoms with Gasteiger partial charge in [0.15, 0.2) is 0 Å². The molecule has 0 saturated carbocycles. The molecule has 0 aliphatic carbocycles. The molecular formula is C13H19N3O2S. The van der Waals surface area contributed by atoms with Crippen molar-refractivity contribution in [3.8, 4) is 0 Å². The zero-order valence-corrected chi connectivity index (χ0v) is 12.3. The molecule has 0 aliphatic rings. The van der Waals surface area contributed by atoms with Gasteiger partial charge in [-0.2, -0.15) is 5.10 Å². The van der Waals surface area contributed by atoms with Gasteiger partial charge in [0.2, 0.25) is 0 Å². The Morgan fingerprint density at radius 3 is 3.00 bits per heavy atom. The highest BCUT2D eigenvalue weighted by atomic mass is 32.1. The molecule has 0 spiro atoms. The topological polar surface area (TPSA) is 67.2 Å². The summed E-state index contributed by atoms with van der Waals surface area (Å²) in [7, 11) is 1.89. The average Bonchev–Trinajstić information content (AvgIpc) is 2.90.